The summed E-state index contributed by atoms with van der Waals surface area (Å²) in [5.74, 6) is -0.667. The van der Waals surface area contributed by atoms with Gasteiger partial charge in [-0.3, -0.25) is 0 Å². The molecule has 0 fully saturated rings. The van der Waals surface area contributed by atoms with E-state index in [-0.39, 0.29) is 11.4 Å². The maximum atomic E-state index is 13.7. The van der Waals surface area contributed by atoms with Crippen molar-refractivity contribution in [3.63, 3.8) is 0 Å². The molecule has 0 unspecified atom stereocenters. The summed E-state index contributed by atoms with van der Waals surface area (Å²) in [6.07, 6.45) is 0. The number of nitrogens with one attached hydrogen (secondary N) is 1. The minimum atomic E-state index is -0.450. The maximum absolute atomic E-state index is 13.7. The molecule has 0 heterocycles. The molecule has 0 aliphatic rings. The molecule has 1 aromatic rings. The molecular weight excluding hydrogens is 197 g/mol. The van der Waals surface area contributed by atoms with Crippen LogP contribution in [-0.2, 0) is 6.54 Å². The summed E-state index contributed by atoms with van der Waals surface area (Å²) in [5, 5.41) is 14.2. The van der Waals surface area contributed by atoms with Crippen molar-refractivity contribution in [2.75, 3.05) is 6.54 Å². The monoisotopic (exact) mass is 211 g/mol. The Balaban J connectivity index is 3.00. The van der Waals surface area contributed by atoms with Gasteiger partial charge in [0.2, 0.25) is 0 Å². The molecule has 0 atom stereocenters. The maximum Gasteiger partial charge on any atom is 0.173 e. The molecule has 1 rings (SSSR count). The van der Waals surface area contributed by atoms with Crippen molar-refractivity contribution < 1.29 is 9.60 Å². The number of amidine groups is 1. The molecule has 1 aromatic carbocycles. The van der Waals surface area contributed by atoms with Gasteiger partial charge >= 0.3 is 0 Å². The van der Waals surface area contributed by atoms with Gasteiger partial charge in [-0.05, 0) is 12.6 Å². The van der Waals surface area contributed by atoms with E-state index in [4.69, 9.17) is 10.9 Å². The number of hydrogen-bond donors (Lipinski definition) is 3. The van der Waals surface area contributed by atoms with Crippen LogP contribution in [0.15, 0.2) is 23.4 Å². The van der Waals surface area contributed by atoms with Gasteiger partial charge in [-0.25, -0.2) is 4.39 Å². The molecule has 15 heavy (non-hydrogen) atoms. The molecule has 0 aliphatic carbocycles. The summed E-state index contributed by atoms with van der Waals surface area (Å²) in [6.45, 7) is 3.12. The predicted octanol–water partition coefficient (Wildman–Crippen LogP) is 1.03. The highest BCUT2D eigenvalue weighted by atomic mass is 19.1. The van der Waals surface area contributed by atoms with Crippen LogP contribution in [0.2, 0.25) is 0 Å². The quantitative estimate of drug-likeness (QED) is 0.301. The lowest BCUT2D eigenvalue weighted by molar-refractivity contribution is 0.318. The van der Waals surface area contributed by atoms with E-state index >= 15 is 0 Å². The second-order valence-electron chi connectivity index (χ2n) is 3.04. The van der Waals surface area contributed by atoms with E-state index in [1.807, 2.05) is 6.92 Å². The van der Waals surface area contributed by atoms with Crippen molar-refractivity contribution >= 4 is 5.84 Å². The number of nitrogens with two attached hydrogens (primary N) is 1. The highest BCUT2D eigenvalue weighted by molar-refractivity contribution is 5.97. The van der Waals surface area contributed by atoms with Crippen LogP contribution in [0.4, 0.5) is 4.39 Å². The van der Waals surface area contributed by atoms with Crippen molar-refractivity contribution in [1.82, 2.24) is 5.32 Å². The van der Waals surface area contributed by atoms with E-state index in [0.717, 1.165) is 6.54 Å². The van der Waals surface area contributed by atoms with Gasteiger partial charge in [-0.2, -0.15) is 0 Å². The topological polar surface area (TPSA) is 70.6 Å². The molecule has 82 valence electrons. The molecule has 0 spiro atoms. The molecule has 0 amide bonds. The first-order valence-corrected chi connectivity index (χ1v) is 4.66. The van der Waals surface area contributed by atoms with Gasteiger partial charge in [-0.15, -0.1) is 0 Å². The number of rotatable bonds is 4. The van der Waals surface area contributed by atoms with Crippen LogP contribution in [0.25, 0.3) is 0 Å². The fraction of sp³-hybridized carbons (Fsp3) is 0.300. The van der Waals surface area contributed by atoms with Crippen molar-refractivity contribution in [2.24, 2.45) is 10.9 Å². The summed E-state index contributed by atoms with van der Waals surface area (Å²) >= 11 is 0. The number of oxime groups is 1. The van der Waals surface area contributed by atoms with Gasteiger partial charge in [0.25, 0.3) is 0 Å². The lowest BCUT2D eigenvalue weighted by Crippen LogP contribution is -2.18. The summed E-state index contributed by atoms with van der Waals surface area (Å²) in [4.78, 5) is 0. The first-order valence-electron chi connectivity index (χ1n) is 4.66. The zero-order valence-corrected chi connectivity index (χ0v) is 8.50. The smallest absolute Gasteiger partial charge is 0.173 e. The molecule has 0 aromatic heterocycles. The first kappa shape index (κ1) is 11.5. The minimum Gasteiger partial charge on any atom is -0.409 e. The second-order valence-corrected chi connectivity index (χ2v) is 3.04. The second kappa shape index (κ2) is 5.31. The van der Waals surface area contributed by atoms with Crippen LogP contribution in [0.5, 0.6) is 0 Å². The Morgan fingerprint density at radius 1 is 1.60 bits per heavy atom. The highest BCUT2D eigenvalue weighted by Crippen LogP contribution is 2.12. The molecular formula is C10H14FN3O. The summed E-state index contributed by atoms with van der Waals surface area (Å²) in [6, 6.07) is 4.80. The lowest BCUT2D eigenvalue weighted by atomic mass is 10.1. The standard InChI is InChI=1S/C10H14FN3O/c1-2-13-6-7-4-3-5-8(9(7)11)10(12)14-15/h3-5,13,15H,2,6H2,1H3,(H2,12,14). The Hall–Kier alpha value is -1.62. The SMILES string of the molecule is CCNCc1cccc(/C(N)=N/O)c1F. The molecule has 0 aliphatic heterocycles. The van der Waals surface area contributed by atoms with Gasteiger partial charge < -0.3 is 16.3 Å². The van der Waals surface area contributed by atoms with Crippen LogP contribution >= 0.6 is 0 Å². The number of halogens is 1. The van der Waals surface area contributed by atoms with E-state index in [2.05, 4.69) is 10.5 Å². The Labute approximate surface area is 87.6 Å². The molecule has 0 saturated carbocycles. The average molecular weight is 211 g/mol. The van der Waals surface area contributed by atoms with Gasteiger partial charge in [0, 0.05) is 12.1 Å². The van der Waals surface area contributed by atoms with Gasteiger partial charge in [0.05, 0.1) is 5.56 Å². The first-order chi connectivity index (χ1) is 7.20. The normalized spacial score (nSPS) is 11.7. The molecule has 0 radical (unpaired) electrons. The lowest BCUT2D eigenvalue weighted by Gasteiger charge is -2.07. The van der Waals surface area contributed by atoms with Crippen LogP contribution in [0.1, 0.15) is 18.1 Å². The van der Waals surface area contributed by atoms with Crippen molar-refractivity contribution in [1.29, 1.82) is 0 Å². The number of hydrogen-bond acceptors (Lipinski definition) is 3. The van der Waals surface area contributed by atoms with E-state index in [0.29, 0.717) is 12.1 Å². The number of nitrogens with zero attached hydrogens (tertiary/aromatic N) is 1. The van der Waals surface area contributed by atoms with E-state index < -0.39 is 5.82 Å². The van der Waals surface area contributed by atoms with Crippen LogP contribution in [0.3, 0.4) is 0 Å². The largest absolute Gasteiger partial charge is 0.409 e. The van der Waals surface area contributed by atoms with Crippen molar-refractivity contribution in [3.8, 4) is 0 Å². The minimum absolute atomic E-state index is 0.118. The molecule has 4 N–H and O–H groups in total. The van der Waals surface area contributed by atoms with E-state index in [1.54, 1.807) is 12.1 Å². The van der Waals surface area contributed by atoms with Gasteiger partial charge in [0.1, 0.15) is 5.82 Å². The van der Waals surface area contributed by atoms with Gasteiger partial charge in [0.15, 0.2) is 5.84 Å². The fourth-order valence-electron chi connectivity index (χ4n) is 1.23. The third-order valence-corrected chi connectivity index (χ3v) is 2.03. The Morgan fingerprint density at radius 3 is 2.93 bits per heavy atom. The zero-order valence-electron chi connectivity index (χ0n) is 8.50. The Morgan fingerprint density at radius 2 is 2.33 bits per heavy atom. The summed E-state index contributed by atoms with van der Waals surface area (Å²) in [5.41, 5.74) is 5.95. The Kier molecular flexibility index (Phi) is 4.05. The third kappa shape index (κ3) is 2.66. The van der Waals surface area contributed by atoms with Crippen molar-refractivity contribution in [2.45, 2.75) is 13.5 Å². The highest BCUT2D eigenvalue weighted by Gasteiger charge is 2.10. The van der Waals surface area contributed by atoms with Crippen LogP contribution in [0, 0.1) is 5.82 Å². The fourth-order valence-corrected chi connectivity index (χ4v) is 1.23. The molecule has 0 bridgehead atoms. The Bertz CT molecular complexity index is 366. The van der Waals surface area contributed by atoms with Crippen LogP contribution < -0.4 is 11.1 Å². The van der Waals surface area contributed by atoms with Gasteiger partial charge in [-0.1, -0.05) is 24.2 Å². The van der Waals surface area contributed by atoms with E-state index in [1.165, 1.54) is 6.07 Å². The molecule has 5 heteroatoms. The zero-order chi connectivity index (χ0) is 11.3. The van der Waals surface area contributed by atoms with E-state index in [9.17, 15) is 4.39 Å². The average Bonchev–Trinajstić information content (AvgIpc) is 2.27. The summed E-state index contributed by atoms with van der Waals surface area (Å²) < 4.78 is 13.7. The summed E-state index contributed by atoms with van der Waals surface area (Å²) in [7, 11) is 0. The van der Waals surface area contributed by atoms with Crippen LogP contribution in [-0.4, -0.2) is 17.6 Å². The van der Waals surface area contributed by atoms with Crippen molar-refractivity contribution in [3.05, 3.63) is 35.1 Å². The predicted molar refractivity (Wildman–Crippen MR) is 56.3 cm³/mol. The third-order valence-electron chi connectivity index (χ3n) is 2.03. The number of benzene rings is 1. The molecule has 4 nitrogen and oxygen atoms in total. The molecule has 0 saturated heterocycles.